The van der Waals surface area contributed by atoms with Crippen molar-refractivity contribution in [3.8, 4) is 5.75 Å². The first kappa shape index (κ1) is 15.5. The van der Waals surface area contributed by atoms with Crippen LogP contribution in [0.4, 0.5) is 4.39 Å². The fourth-order valence-electron chi connectivity index (χ4n) is 2.93. The molecule has 0 N–H and O–H groups in total. The van der Waals surface area contributed by atoms with Crippen LogP contribution in [0.5, 0.6) is 5.75 Å². The second kappa shape index (κ2) is 6.41. The number of nitrogens with zero attached hydrogens (tertiary/aromatic N) is 1. The Kier molecular flexibility index (Phi) is 4.33. The summed E-state index contributed by atoms with van der Waals surface area (Å²) in [5.74, 6) is 0.465. The second-order valence-electron chi connectivity index (χ2n) is 6.00. The molecule has 0 spiro atoms. The van der Waals surface area contributed by atoms with E-state index in [-0.39, 0.29) is 23.7 Å². The Morgan fingerprint density at radius 1 is 1.22 bits per heavy atom. The largest absolute Gasteiger partial charge is 0.492 e. The molecule has 0 aromatic heterocycles. The van der Waals surface area contributed by atoms with Gasteiger partial charge in [0.25, 0.3) is 0 Å². The molecular weight excluding hydrogens is 293 g/mol. The number of amides is 1. The first-order chi connectivity index (χ1) is 11.1. The summed E-state index contributed by atoms with van der Waals surface area (Å²) in [6.45, 7) is 2.35. The molecule has 23 heavy (non-hydrogen) atoms. The van der Waals surface area contributed by atoms with Gasteiger partial charge in [0.15, 0.2) is 0 Å². The Morgan fingerprint density at radius 3 is 2.65 bits per heavy atom. The molecule has 2 aromatic carbocycles. The maximum atomic E-state index is 13.0. The van der Waals surface area contributed by atoms with E-state index in [1.165, 1.54) is 12.1 Å². The molecule has 0 saturated heterocycles. The molecule has 3 nitrogen and oxygen atoms in total. The topological polar surface area (TPSA) is 29.5 Å². The number of para-hydroxylation sites is 1. The van der Waals surface area contributed by atoms with Crippen LogP contribution in [-0.4, -0.2) is 24.5 Å². The van der Waals surface area contributed by atoms with Crippen molar-refractivity contribution >= 4 is 5.91 Å². The Hall–Kier alpha value is -2.36. The number of rotatable bonds is 3. The molecule has 0 saturated carbocycles. The lowest BCUT2D eigenvalue weighted by Gasteiger charge is -2.31. The van der Waals surface area contributed by atoms with Gasteiger partial charge in [0.1, 0.15) is 18.2 Å². The van der Waals surface area contributed by atoms with Gasteiger partial charge in [-0.05, 0) is 42.7 Å². The Labute approximate surface area is 135 Å². The first-order valence-corrected chi connectivity index (χ1v) is 7.79. The zero-order chi connectivity index (χ0) is 16.4. The Balaban J connectivity index is 1.71. The Bertz CT molecular complexity index is 699. The standard InChI is InChI=1S/C19H20FNO2/c1-13(14-7-9-17(20)10-8-14)21(2)19(22)16-11-15-5-3-4-6-18(15)23-12-16/h3-10,13,16H,11-12H2,1-2H3. The van der Waals surface area contributed by atoms with E-state index in [0.29, 0.717) is 13.0 Å². The van der Waals surface area contributed by atoms with Gasteiger partial charge < -0.3 is 9.64 Å². The predicted molar refractivity (Wildman–Crippen MR) is 86.7 cm³/mol. The lowest BCUT2D eigenvalue weighted by Crippen LogP contribution is -2.39. The third-order valence-electron chi connectivity index (χ3n) is 4.51. The van der Waals surface area contributed by atoms with Crippen LogP contribution in [0.25, 0.3) is 0 Å². The highest BCUT2D eigenvalue weighted by Gasteiger charge is 2.30. The van der Waals surface area contributed by atoms with Gasteiger partial charge in [-0.3, -0.25) is 4.79 Å². The van der Waals surface area contributed by atoms with E-state index in [0.717, 1.165) is 16.9 Å². The number of hydrogen-bond donors (Lipinski definition) is 0. The first-order valence-electron chi connectivity index (χ1n) is 7.79. The molecule has 120 valence electrons. The number of halogens is 1. The smallest absolute Gasteiger partial charge is 0.229 e. The lowest BCUT2D eigenvalue weighted by atomic mass is 9.94. The molecule has 1 aliphatic heterocycles. The van der Waals surface area contributed by atoms with Crippen LogP contribution in [0.3, 0.4) is 0 Å². The maximum Gasteiger partial charge on any atom is 0.229 e. The molecule has 0 radical (unpaired) electrons. The monoisotopic (exact) mass is 313 g/mol. The van der Waals surface area contributed by atoms with Crippen molar-refractivity contribution in [3.05, 3.63) is 65.5 Å². The summed E-state index contributed by atoms with van der Waals surface area (Å²) in [6, 6.07) is 14.0. The second-order valence-corrected chi connectivity index (χ2v) is 6.00. The molecule has 2 atom stereocenters. The predicted octanol–water partition coefficient (Wildman–Crippen LogP) is 3.60. The average Bonchev–Trinajstić information content (AvgIpc) is 2.60. The number of benzene rings is 2. The SMILES string of the molecule is CC(c1ccc(F)cc1)N(C)C(=O)C1COc2ccccc2C1. The maximum absolute atomic E-state index is 13.0. The van der Waals surface area contributed by atoms with E-state index in [9.17, 15) is 9.18 Å². The molecule has 1 heterocycles. The summed E-state index contributed by atoms with van der Waals surface area (Å²) < 4.78 is 18.8. The van der Waals surface area contributed by atoms with Crippen molar-refractivity contribution in [3.63, 3.8) is 0 Å². The number of fused-ring (bicyclic) bond motifs is 1. The van der Waals surface area contributed by atoms with Crippen LogP contribution in [-0.2, 0) is 11.2 Å². The molecule has 2 aromatic rings. The molecule has 0 bridgehead atoms. The van der Waals surface area contributed by atoms with E-state index in [1.807, 2.05) is 31.2 Å². The molecule has 4 heteroatoms. The molecule has 3 rings (SSSR count). The van der Waals surface area contributed by atoms with Gasteiger partial charge in [-0.2, -0.15) is 0 Å². The number of hydrogen-bond acceptors (Lipinski definition) is 2. The summed E-state index contributed by atoms with van der Waals surface area (Å²) in [6.07, 6.45) is 0.690. The van der Waals surface area contributed by atoms with Gasteiger partial charge in [-0.1, -0.05) is 30.3 Å². The third kappa shape index (κ3) is 3.21. The van der Waals surface area contributed by atoms with Crippen LogP contribution >= 0.6 is 0 Å². The minimum absolute atomic E-state index is 0.0522. The van der Waals surface area contributed by atoms with Crippen LogP contribution < -0.4 is 4.74 Å². The summed E-state index contributed by atoms with van der Waals surface area (Å²) in [5.41, 5.74) is 1.99. The molecule has 2 unspecified atom stereocenters. The van der Waals surface area contributed by atoms with E-state index in [1.54, 1.807) is 24.1 Å². The highest BCUT2D eigenvalue weighted by atomic mass is 19.1. The minimum atomic E-state index is -0.271. The third-order valence-corrected chi connectivity index (χ3v) is 4.51. The molecule has 0 aliphatic carbocycles. The molecular formula is C19H20FNO2. The normalized spacial score (nSPS) is 17.8. The number of carbonyl (C=O) groups excluding carboxylic acids is 1. The molecule has 1 aliphatic rings. The minimum Gasteiger partial charge on any atom is -0.492 e. The van der Waals surface area contributed by atoms with Gasteiger partial charge in [-0.15, -0.1) is 0 Å². The fourth-order valence-corrected chi connectivity index (χ4v) is 2.93. The van der Waals surface area contributed by atoms with E-state index in [2.05, 4.69) is 0 Å². The van der Waals surface area contributed by atoms with E-state index < -0.39 is 0 Å². The van der Waals surface area contributed by atoms with Gasteiger partial charge in [0.05, 0.1) is 12.0 Å². The van der Waals surface area contributed by atoms with E-state index >= 15 is 0 Å². The van der Waals surface area contributed by atoms with Crippen molar-refractivity contribution in [1.29, 1.82) is 0 Å². The van der Waals surface area contributed by atoms with E-state index in [4.69, 9.17) is 4.74 Å². The van der Waals surface area contributed by atoms with Crippen molar-refractivity contribution in [1.82, 2.24) is 4.90 Å². The highest BCUT2D eigenvalue weighted by Crippen LogP contribution is 2.29. The van der Waals surface area contributed by atoms with Crippen LogP contribution in [0, 0.1) is 11.7 Å². The zero-order valence-electron chi connectivity index (χ0n) is 13.3. The summed E-state index contributed by atoms with van der Waals surface area (Å²) in [7, 11) is 1.79. The van der Waals surface area contributed by atoms with Crippen LogP contribution in [0.15, 0.2) is 48.5 Å². The summed E-state index contributed by atoms with van der Waals surface area (Å²) in [4.78, 5) is 14.5. The quantitative estimate of drug-likeness (QED) is 0.866. The number of carbonyl (C=O) groups is 1. The lowest BCUT2D eigenvalue weighted by molar-refractivity contribution is -0.137. The highest BCUT2D eigenvalue weighted by molar-refractivity contribution is 5.80. The van der Waals surface area contributed by atoms with Gasteiger partial charge in [0, 0.05) is 7.05 Å². The number of ether oxygens (including phenoxy) is 1. The molecule has 1 amide bonds. The zero-order valence-corrected chi connectivity index (χ0v) is 13.3. The average molecular weight is 313 g/mol. The molecule has 0 fully saturated rings. The van der Waals surface area contributed by atoms with Crippen molar-refractivity contribution in [2.45, 2.75) is 19.4 Å². The summed E-state index contributed by atoms with van der Waals surface area (Å²) in [5, 5.41) is 0. The fraction of sp³-hybridized carbons (Fsp3) is 0.316. The van der Waals surface area contributed by atoms with Crippen molar-refractivity contribution in [2.75, 3.05) is 13.7 Å². The van der Waals surface area contributed by atoms with Crippen molar-refractivity contribution < 1.29 is 13.9 Å². The van der Waals surface area contributed by atoms with Crippen LogP contribution in [0.2, 0.25) is 0 Å². The van der Waals surface area contributed by atoms with Gasteiger partial charge >= 0.3 is 0 Å². The van der Waals surface area contributed by atoms with Crippen LogP contribution in [0.1, 0.15) is 24.1 Å². The Morgan fingerprint density at radius 2 is 1.91 bits per heavy atom. The van der Waals surface area contributed by atoms with Gasteiger partial charge in [0.2, 0.25) is 5.91 Å². The van der Waals surface area contributed by atoms with Gasteiger partial charge in [-0.25, -0.2) is 4.39 Å². The van der Waals surface area contributed by atoms with Crippen molar-refractivity contribution in [2.24, 2.45) is 5.92 Å². The summed E-state index contributed by atoms with van der Waals surface area (Å²) >= 11 is 0.